The van der Waals surface area contributed by atoms with Gasteiger partial charge in [-0.3, -0.25) is 0 Å². The van der Waals surface area contributed by atoms with Crippen molar-refractivity contribution in [2.45, 2.75) is 68.9 Å². The second kappa shape index (κ2) is 6.75. The molecule has 0 spiro atoms. The van der Waals surface area contributed by atoms with Crippen molar-refractivity contribution >= 4 is 4.00 Å². The van der Waals surface area contributed by atoms with Crippen LogP contribution in [-0.2, 0) is 30.0 Å². The quantitative estimate of drug-likeness (QED) is 0.612. The Labute approximate surface area is 162 Å². The molecule has 1 aromatic heterocycles. The first-order chi connectivity index (χ1) is 9.63. The molecule has 1 saturated carbocycles. The van der Waals surface area contributed by atoms with Crippen LogP contribution in [-0.4, -0.2) is 4.98 Å². The van der Waals surface area contributed by atoms with Gasteiger partial charge in [-0.15, -0.1) is 0 Å². The number of H-pyrrole nitrogens is 1. The number of halogens is 2. The Bertz CT molecular complexity index is 629. The third kappa shape index (κ3) is 3.69. The van der Waals surface area contributed by atoms with Gasteiger partial charge in [0, 0.05) is 0 Å². The fourth-order valence-electron chi connectivity index (χ4n) is 3.59. The topological polar surface area (TPSA) is 15.8 Å². The summed E-state index contributed by atoms with van der Waals surface area (Å²) in [6.45, 7) is 14.1. The van der Waals surface area contributed by atoms with E-state index < -0.39 is 0 Å². The number of aromatic nitrogens is 1. The molecule has 1 N–H and O–H groups in total. The average molecular weight is 388 g/mol. The first-order valence-corrected chi connectivity index (χ1v) is 9.59. The average Bonchev–Trinajstić information content (AvgIpc) is 2.84. The van der Waals surface area contributed by atoms with E-state index in [0.29, 0.717) is 3.72 Å². The smallest absolute Gasteiger partial charge is 1.00 e. The van der Waals surface area contributed by atoms with E-state index in [1.807, 2.05) is 0 Å². The van der Waals surface area contributed by atoms with Gasteiger partial charge in [-0.25, -0.2) is 0 Å². The summed E-state index contributed by atoms with van der Waals surface area (Å²) in [5.74, 6) is 0. The predicted molar refractivity (Wildman–Crippen MR) is 87.0 cm³/mol. The third-order valence-corrected chi connectivity index (χ3v) is 7.68. The van der Waals surface area contributed by atoms with Crippen molar-refractivity contribution in [1.29, 1.82) is 0 Å². The standard InChI is InChI=1S/C12H20N.C7H7.2ClH.Ti/c1-11(2,3)9-7-13-8-10(9)12(4,5)6;1-2-6-4-5-7(6)3-1;;;/h7,13H,1-6H3;1-3H,4-5H2;2*1H;/q;;;;+2/p-2. The molecule has 1 fully saturated rings. The van der Waals surface area contributed by atoms with E-state index in [9.17, 15) is 0 Å². The molecule has 1 aromatic rings. The Morgan fingerprint density at radius 1 is 1.04 bits per heavy atom. The maximum absolute atomic E-state index is 3.69. The van der Waals surface area contributed by atoms with E-state index >= 15 is 0 Å². The minimum atomic E-state index is -0.200. The molecular weight excluding hydrogens is 361 g/mol. The van der Waals surface area contributed by atoms with E-state index in [2.05, 4.69) is 71.0 Å². The molecule has 1 atom stereocenters. The molecule has 1 nitrogen and oxygen atoms in total. The number of rotatable bonds is 2. The summed E-state index contributed by atoms with van der Waals surface area (Å²) in [5, 5.41) is 0. The van der Waals surface area contributed by atoms with Crippen LogP contribution in [0.5, 0.6) is 0 Å². The van der Waals surface area contributed by atoms with Crippen molar-refractivity contribution in [2.24, 2.45) is 0 Å². The maximum atomic E-state index is 3.69. The van der Waals surface area contributed by atoms with E-state index in [0.717, 1.165) is 0 Å². The van der Waals surface area contributed by atoms with E-state index in [1.54, 1.807) is 15.1 Å². The van der Waals surface area contributed by atoms with Crippen LogP contribution in [0.4, 0.5) is 0 Å². The molecule has 2 aliphatic rings. The van der Waals surface area contributed by atoms with Gasteiger partial charge < -0.3 is 24.8 Å². The Morgan fingerprint density at radius 2 is 1.70 bits per heavy atom. The maximum Gasteiger partial charge on any atom is -1.00 e. The van der Waals surface area contributed by atoms with Crippen molar-refractivity contribution in [3.8, 4) is 0 Å². The van der Waals surface area contributed by atoms with Crippen LogP contribution in [0.25, 0.3) is 0 Å². The van der Waals surface area contributed by atoms with Gasteiger partial charge in [0.15, 0.2) is 0 Å². The van der Waals surface area contributed by atoms with Crippen LogP contribution in [0.3, 0.4) is 0 Å². The fraction of sp³-hybridized carbons (Fsp3) is 0.579. The van der Waals surface area contributed by atoms with E-state index in [4.69, 9.17) is 0 Å². The molecule has 0 aliphatic heterocycles. The number of hydrogen-bond donors (Lipinski definition) is 1. The Morgan fingerprint density at radius 3 is 2.13 bits per heavy atom. The molecule has 1 unspecified atom stereocenters. The normalized spacial score (nSPS) is 22.3. The summed E-state index contributed by atoms with van der Waals surface area (Å²) in [6, 6.07) is 0. The Hall–Kier alpha value is 0.0543. The summed E-state index contributed by atoms with van der Waals surface area (Å²) in [5.41, 5.74) is 5.22. The summed E-state index contributed by atoms with van der Waals surface area (Å²) in [4.78, 5) is 3.69. The first-order valence-electron chi connectivity index (χ1n) is 8.03. The van der Waals surface area contributed by atoms with Crippen molar-refractivity contribution in [1.82, 2.24) is 4.98 Å². The van der Waals surface area contributed by atoms with Gasteiger partial charge in [-0.1, -0.05) is 0 Å². The van der Waals surface area contributed by atoms with Crippen molar-refractivity contribution in [3.05, 3.63) is 41.1 Å². The van der Waals surface area contributed by atoms with Gasteiger partial charge in [0.25, 0.3) is 0 Å². The molecular formula is C19H27Cl2NTi. The molecule has 126 valence electrons. The van der Waals surface area contributed by atoms with Crippen LogP contribution in [0.1, 0.15) is 65.5 Å². The molecule has 3 rings (SSSR count). The van der Waals surface area contributed by atoms with Gasteiger partial charge >= 0.3 is 138 Å². The number of hydrogen-bond acceptors (Lipinski definition) is 0. The molecule has 23 heavy (non-hydrogen) atoms. The summed E-state index contributed by atoms with van der Waals surface area (Å²) < 4.78 is 2.03. The zero-order chi connectivity index (χ0) is 15.5. The van der Waals surface area contributed by atoms with Gasteiger partial charge in [0.1, 0.15) is 0 Å². The van der Waals surface area contributed by atoms with Crippen LogP contribution >= 0.6 is 0 Å². The molecule has 0 radical (unpaired) electrons. The summed E-state index contributed by atoms with van der Waals surface area (Å²) >= 11 is -0.200. The van der Waals surface area contributed by atoms with E-state index in [1.165, 1.54) is 18.4 Å². The Kier molecular flexibility index (Phi) is 6.19. The van der Waals surface area contributed by atoms with Crippen LogP contribution in [0.15, 0.2) is 30.0 Å². The molecule has 0 saturated heterocycles. The minimum absolute atomic E-state index is 0. The van der Waals surface area contributed by atoms with Crippen molar-refractivity contribution in [3.63, 3.8) is 0 Å². The van der Waals surface area contributed by atoms with E-state index in [-0.39, 0.29) is 54.8 Å². The monoisotopic (exact) mass is 387 g/mol. The molecule has 0 aromatic carbocycles. The fourth-order valence-corrected chi connectivity index (χ4v) is 6.75. The zero-order valence-electron chi connectivity index (χ0n) is 15.0. The molecule has 0 amide bonds. The largest absolute Gasteiger partial charge is 1.00 e. The first kappa shape index (κ1) is 21.1. The van der Waals surface area contributed by atoms with Gasteiger partial charge in [0.05, 0.1) is 0 Å². The van der Waals surface area contributed by atoms with Crippen LogP contribution < -0.4 is 28.8 Å². The summed E-state index contributed by atoms with van der Waals surface area (Å²) in [7, 11) is 0. The number of aromatic amines is 1. The minimum Gasteiger partial charge on any atom is -1.00 e. The van der Waals surface area contributed by atoms with Gasteiger partial charge in [-0.05, 0) is 0 Å². The Balaban J connectivity index is 0.00000132. The summed E-state index contributed by atoms with van der Waals surface area (Å²) in [6.07, 6.45) is 12.1. The third-order valence-electron chi connectivity index (χ3n) is 4.83. The van der Waals surface area contributed by atoms with Gasteiger partial charge in [0.2, 0.25) is 0 Å². The van der Waals surface area contributed by atoms with Crippen molar-refractivity contribution < 1.29 is 44.0 Å². The van der Waals surface area contributed by atoms with Gasteiger partial charge in [-0.2, -0.15) is 0 Å². The predicted octanol–water partition coefficient (Wildman–Crippen LogP) is -1.23. The second-order valence-electron chi connectivity index (χ2n) is 8.60. The second-order valence-corrected chi connectivity index (χ2v) is 11.2. The zero-order valence-corrected chi connectivity index (χ0v) is 18.1. The number of fused-ring (bicyclic) bond motifs is 1. The molecule has 0 bridgehead atoms. The molecule has 1 heterocycles. The van der Waals surface area contributed by atoms with Crippen LogP contribution in [0, 0.1) is 0 Å². The molecule has 2 aliphatic carbocycles. The molecule has 4 heteroatoms. The number of allylic oxidation sites excluding steroid dienone is 4. The SMILES string of the molecule is CC(C)(C)c1c[nH][c]([Ti+2][C]23C=CC=C2CC3)c1C(C)(C)C.[Cl-].[Cl-]. The number of nitrogens with one attached hydrogen (secondary N) is 1. The van der Waals surface area contributed by atoms with Crippen LogP contribution in [0.2, 0.25) is 3.72 Å². The van der Waals surface area contributed by atoms with Crippen molar-refractivity contribution in [2.75, 3.05) is 0 Å².